The van der Waals surface area contributed by atoms with Crippen molar-refractivity contribution < 1.29 is 25.2 Å². The summed E-state index contributed by atoms with van der Waals surface area (Å²) in [6.07, 6.45) is 1.84. The van der Waals surface area contributed by atoms with E-state index in [1.54, 1.807) is 0 Å². The average Bonchev–Trinajstić information content (AvgIpc) is 3.47. The molecule has 0 amide bonds. The first-order valence-corrected chi connectivity index (χ1v) is 14.1. The minimum Gasteiger partial charge on any atom is -0.509 e. The summed E-state index contributed by atoms with van der Waals surface area (Å²) in [5.74, 6) is 2.06. The van der Waals surface area contributed by atoms with Crippen LogP contribution in [0.25, 0.3) is 44.4 Å². The molecule has 214 valence electrons. The van der Waals surface area contributed by atoms with Crippen LogP contribution in [0.3, 0.4) is 0 Å². The molecule has 0 saturated carbocycles. The van der Waals surface area contributed by atoms with Gasteiger partial charge < -0.3 is 9.30 Å². The number of benzene rings is 4. The Labute approximate surface area is 265 Å². The maximum Gasteiger partial charge on any atom is 2.00 e. The summed E-state index contributed by atoms with van der Waals surface area (Å²) in [7, 11) is 0. The van der Waals surface area contributed by atoms with Crippen LogP contribution in [-0.2, 0) is 20.4 Å². The minimum absolute atomic E-state index is 0. The first-order valence-electron chi connectivity index (χ1n) is 14.1. The normalized spacial score (nSPS) is 11.2. The van der Waals surface area contributed by atoms with E-state index in [0.29, 0.717) is 11.5 Å². The Balaban J connectivity index is 0.00000329. The molecule has 7 aromatic rings. The smallest absolute Gasteiger partial charge is 0.509 e. The fraction of sp³-hybridized carbons (Fsp3) is 0.135. The summed E-state index contributed by atoms with van der Waals surface area (Å²) in [4.78, 5) is 4.68. The fourth-order valence-corrected chi connectivity index (χ4v) is 5.74. The molecule has 7 rings (SSSR count). The summed E-state index contributed by atoms with van der Waals surface area (Å²) in [6.45, 7) is 10.5. The van der Waals surface area contributed by atoms with E-state index in [1.807, 2.05) is 41.2 Å². The van der Waals surface area contributed by atoms with E-state index in [0.717, 1.165) is 55.8 Å². The molecule has 0 aliphatic rings. The number of ether oxygens (including phenoxy) is 1. The number of rotatable bonds is 5. The summed E-state index contributed by atoms with van der Waals surface area (Å²) in [5.41, 5.74) is 10.9. The van der Waals surface area contributed by atoms with Gasteiger partial charge in [-0.1, -0.05) is 41.9 Å². The number of aromatic nitrogens is 4. The van der Waals surface area contributed by atoms with Gasteiger partial charge in [-0.2, -0.15) is 17.2 Å². The molecule has 3 heterocycles. The monoisotopic (exact) mass is 652 g/mol. The topological polar surface area (TPSA) is 44.9 Å². The van der Waals surface area contributed by atoms with E-state index < -0.39 is 0 Å². The SMILES string of the molecule is Cc1ccnc(-n2c3[c-]c(Oc4[c-]c(-n5nc(C)c(-c6ccc(C)c(C)c6)c5C)ccc4)ccc3c3ccccc32)c1.[Pd+2]. The number of pyridine rings is 1. The number of nitrogens with zero attached hydrogens (tertiary/aromatic N) is 4. The van der Waals surface area contributed by atoms with Crippen molar-refractivity contribution in [3.8, 4) is 34.1 Å². The first-order chi connectivity index (χ1) is 20.4. The largest absolute Gasteiger partial charge is 2.00 e. The van der Waals surface area contributed by atoms with E-state index in [1.165, 1.54) is 16.7 Å². The summed E-state index contributed by atoms with van der Waals surface area (Å²) < 4.78 is 10.5. The number of aryl methyl sites for hydroxylation is 4. The van der Waals surface area contributed by atoms with Crippen LogP contribution in [0.5, 0.6) is 11.5 Å². The molecule has 0 radical (unpaired) electrons. The maximum atomic E-state index is 6.36. The van der Waals surface area contributed by atoms with E-state index in [-0.39, 0.29) is 20.4 Å². The molecule has 4 aromatic carbocycles. The maximum absolute atomic E-state index is 6.36. The van der Waals surface area contributed by atoms with Gasteiger partial charge in [-0.25, -0.2) is 4.98 Å². The van der Waals surface area contributed by atoms with Crippen molar-refractivity contribution in [2.24, 2.45) is 0 Å². The van der Waals surface area contributed by atoms with E-state index >= 15 is 0 Å². The minimum atomic E-state index is 0. The van der Waals surface area contributed by atoms with Crippen LogP contribution >= 0.6 is 0 Å². The third-order valence-electron chi connectivity index (χ3n) is 7.97. The second kappa shape index (κ2) is 11.3. The van der Waals surface area contributed by atoms with Gasteiger partial charge in [0.25, 0.3) is 0 Å². The number of fused-ring (bicyclic) bond motifs is 3. The zero-order valence-corrected chi connectivity index (χ0v) is 26.2. The van der Waals surface area contributed by atoms with Crippen molar-refractivity contribution in [1.29, 1.82) is 0 Å². The van der Waals surface area contributed by atoms with Crippen LogP contribution in [-0.4, -0.2) is 19.3 Å². The molecule has 6 heteroatoms. The molecule has 0 aliphatic carbocycles. The Morgan fingerprint density at radius 3 is 2.35 bits per heavy atom. The van der Waals surface area contributed by atoms with Crippen molar-refractivity contribution in [3.05, 3.63) is 131 Å². The van der Waals surface area contributed by atoms with Gasteiger partial charge in [0.1, 0.15) is 5.82 Å². The third kappa shape index (κ3) is 5.08. The van der Waals surface area contributed by atoms with Gasteiger partial charge in [0.15, 0.2) is 0 Å². The fourth-order valence-electron chi connectivity index (χ4n) is 5.74. The molecule has 0 fully saturated rings. The Morgan fingerprint density at radius 2 is 1.53 bits per heavy atom. The molecule has 0 unspecified atom stereocenters. The zero-order valence-electron chi connectivity index (χ0n) is 24.7. The van der Waals surface area contributed by atoms with Crippen LogP contribution in [0.2, 0.25) is 0 Å². The third-order valence-corrected chi connectivity index (χ3v) is 7.97. The van der Waals surface area contributed by atoms with Gasteiger partial charge in [0.05, 0.1) is 5.69 Å². The first kappa shape index (κ1) is 28.6. The van der Waals surface area contributed by atoms with Crippen molar-refractivity contribution in [2.75, 3.05) is 0 Å². The molecular formula is C37H30N4OPd. The predicted molar refractivity (Wildman–Crippen MR) is 169 cm³/mol. The molecule has 43 heavy (non-hydrogen) atoms. The van der Waals surface area contributed by atoms with Gasteiger partial charge in [-0.05, 0) is 86.1 Å². The van der Waals surface area contributed by atoms with Crippen LogP contribution < -0.4 is 4.74 Å². The molecule has 3 aromatic heterocycles. The van der Waals surface area contributed by atoms with Crippen molar-refractivity contribution >= 4 is 21.8 Å². The Kier molecular flexibility index (Phi) is 7.52. The van der Waals surface area contributed by atoms with Crippen LogP contribution in [0.4, 0.5) is 0 Å². The Morgan fingerprint density at radius 1 is 0.721 bits per heavy atom. The summed E-state index contributed by atoms with van der Waals surface area (Å²) in [5, 5.41) is 7.13. The van der Waals surface area contributed by atoms with Crippen molar-refractivity contribution in [2.45, 2.75) is 34.6 Å². The summed E-state index contributed by atoms with van der Waals surface area (Å²) in [6, 6.07) is 35.9. The quantitative estimate of drug-likeness (QED) is 0.138. The molecule has 0 saturated heterocycles. The molecule has 5 nitrogen and oxygen atoms in total. The standard InChI is InChI=1S/C37H30N4O.Pd/c1-23-17-18-38-36(19-23)40-34-12-7-6-11-32(34)33-16-15-31(22-35(33)40)42-30-10-8-9-29(21-30)41-27(5)37(26(4)39-41)28-14-13-24(2)25(3)20-28;/h6-20H,1-5H3;/q-2;+2. The molecule has 0 aliphatic heterocycles. The average molecular weight is 653 g/mol. The second-order valence-electron chi connectivity index (χ2n) is 10.9. The van der Waals surface area contributed by atoms with E-state index in [2.05, 4.69) is 111 Å². The Hall–Kier alpha value is -4.50. The van der Waals surface area contributed by atoms with Crippen molar-refractivity contribution in [3.63, 3.8) is 0 Å². The van der Waals surface area contributed by atoms with Gasteiger partial charge in [-0.15, -0.1) is 35.7 Å². The summed E-state index contributed by atoms with van der Waals surface area (Å²) >= 11 is 0. The van der Waals surface area contributed by atoms with Crippen molar-refractivity contribution in [1.82, 2.24) is 19.3 Å². The van der Waals surface area contributed by atoms with Gasteiger partial charge in [0, 0.05) is 34.5 Å². The van der Waals surface area contributed by atoms with Gasteiger partial charge in [-0.3, -0.25) is 4.68 Å². The van der Waals surface area contributed by atoms with Crippen LogP contribution in [0, 0.1) is 46.8 Å². The number of hydrogen-bond acceptors (Lipinski definition) is 3. The Bertz CT molecular complexity index is 2140. The molecule has 0 bridgehead atoms. The zero-order chi connectivity index (χ0) is 29.0. The van der Waals surface area contributed by atoms with E-state index in [9.17, 15) is 0 Å². The number of para-hydroxylation sites is 1. The van der Waals surface area contributed by atoms with Gasteiger partial charge in [0.2, 0.25) is 0 Å². The van der Waals surface area contributed by atoms with Crippen LogP contribution in [0.15, 0.2) is 91.1 Å². The van der Waals surface area contributed by atoms with Gasteiger partial charge >= 0.3 is 20.4 Å². The van der Waals surface area contributed by atoms with Crippen LogP contribution in [0.1, 0.15) is 28.1 Å². The second-order valence-corrected chi connectivity index (χ2v) is 10.9. The molecular weight excluding hydrogens is 623 g/mol. The predicted octanol–water partition coefficient (Wildman–Crippen LogP) is 8.96. The molecule has 0 spiro atoms. The van der Waals surface area contributed by atoms with E-state index in [4.69, 9.17) is 9.84 Å². The molecule has 0 N–H and O–H groups in total. The molecule has 0 atom stereocenters. The number of hydrogen-bond donors (Lipinski definition) is 0.